The molecule has 26 heavy (non-hydrogen) atoms. The number of carbonyl (C=O) groups is 1. The summed E-state index contributed by atoms with van der Waals surface area (Å²) in [5, 5.41) is 13.4. The summed E-state index contributed by atoms with van der Waals surface area (Å²) >= 11 is 1.59. The monoisotopic (exact) mass is 367 g/mol. The van der Waals surface area contributed by atoms with Gasteiger partial charge in [-0.1, -0.05) is 6.92 Å². The Hall–Kier alpha value is -3.07. The van der Waals surface area contributed by atoms with Crippen LogP contribution in [0.5, 0.6) is 0 Å². The van der Waals surface area contributed by atoms with Crippen molar-refractivity contribution in [2.24, 2.45) is 0 Å². The van der Waals surface area contributed by atoms with Gasteiger partial charge >= 0.3 is 0 Å². The lowest BCUT2D eigenvalue weighted by molar-refractivity contribution is -0.116. The molecule has 0 unspecified atom stereocenters. The quantitative estimate of drug-likeness (QED) is 0.566. The topological polar surface area (TPSA) is 90.5 Å². The van der Waals surface area contributed by atoms with E-state index < -0.39 is 0 Å². The van der Waals surface area contributed by atoms with Gasteiger partial charge in [-0.15, -0.1) is 11.3 Å². The minimum absolute atomic E-state index is 0.121. The predicted octanol–water partition coefficient (Wildman–Crippen LogP) is 2.80. The molecule has 4 aromatic heterocycles. The maximum absolute atomic E-state index is 12.3. The number of aryl methyl sites for hydroxylation is 1. The minimum Gasteiger partial charge on any atom is -0.309 e. The zero-order valence-corrected chi connectivity index (χ0v) is 15.0. The number of rotatable bonds is 6. The highest BCUT2D eigenvalue weighted by Crippen LogP contribution is 2.28. The summed E-state index contributed by atoms with van der Waals surface area (Å²) in [6, 6.07) is 3.75. The molecule has 0 aliphatic carbocycles. The number of nitrogens with zero attached hydrogens (tertiary/aromatic N) is 6. The predicted molar refractivity (Wildman–Crippen MR) is 99.8 cm³/mol. The molecule has 9 heteroatoms. The van der Waals surface area contributed by atoms with E-state index in [-0.39, 0.29) is 12.5 Å². The van der Waals surface area contributed by atoms with Crippen molar-refractivity contribution in [3.63, 3.8) is 0 Å². The Bertz CT molecular complexity index is 1050. The largest absolute Gasteiger partial charge is 0.309 e. The summed E-state index contributed by atoms with van der Waals surface area (Å²) in [5.74, 6) is 0.543. The molecule has 8 nitrogen and oxygen atoms in total. The van der Waals surface area contributed by atoms with Crippen molar-refractivity contribution >= 4 is 33.3 Å². The van der Waals surface area contributed by atoms with Crippen LogP contribution in [0.1, 0.15) is 13.3 Å². The van der Waals surface area contributed by atoms with E-state index in [4.69, 9.17) is 0 Å². The van der Waals surface area contributed by atoms with Gasteiger partial charge in [-0.3, -0.25) is 9.48 Å². The van der Waals surface area contributed by atoms with E-state index in [2.05, 4.69) is 32.4 Å². The van der Waals surface area contributed by atoms with E-state index in [0.29, 0.717) is 5.82 Å². The SMILES string of the molecule is CCCn1nccc1NC(=O)Cn1cc(-c2ncnc3ccsc23)cn1. The van der Waals surface area contributed by atoms with Crippen molar-refractivity contribution in [2.45, 2.75) is 26.4 Å². The van der Waals surface area contributed by atoms with Crippen LogP contribution in [-0.4, -0.2) is 35.4 Å². The number of carbonyl (C=O) groups excluding carboxylic acids is 1. The van der Waals surface area contributed by atoms with Crippen LogP contribution in [0.2, 0.25) is 0 Å². The van der Waals surface area contributed by atoms with Crippen LogP contribution >= 0.6 is 11.3 Å². The van der Waals surface area contributed by atoms with Gasteiger partial charge in [0.2, 0.25) is 5.91 Å². The summed E-state index contributed by atoms with van der Waals surface area (Å²) in [6.07, 6.45) is 7.71. The first-order valence-corrected chi connectivity index (χ1v) is 9.15. The van der Waals surface area contributed by atoms with E-state index >= 15 is 0 Å². The highest BCUT2D eigenvalue weighted by Gasteiger charge is 2.12. The first-order valence-electron chi connectivity index (χ1n) is 8.27. The molecule has 0 aliphatic heterocycles. The highest BCUT2D eigenvalue weighted by atomic mass is 32.1. The van der Waals surface area contributed by atoms with Crippen LogP contribution in [0, 0.1) is 0 Å². The van der Waals surface area contributed by atoms with Crippen LogP contribution in [0.3, 0.4) is 0 Å². The van der Waals surface area contributed by atoms with Crippen LogP contribution in [0.15, 0.2) is 42.4 Å². The van der Waals surface area contributed by atoms with Crippen molar-refractivity contribution < 1.29 is 4.79 Å². The fourth-order valence-electron chi connectivity index (χ4n) is 2.73. The Morgan fingerprint density at radius 1 is 1.27 bits per heavy atom. The van der Waals surface area contributed by atoms with E-state index in [1.54, 1.807) is 45.5 Å². The molecule has 0 saturated heterocycles. The van der Waals surface area contributed by atoms with Gasteiger partial charge in [0.25, 0.3) is 0 Å². The first kappa shape index (κ1) is 16.4. The lowest BCUT2D eigenvalue weighted by Crippen LogP contribution is -2.21. The molecule has 0 aromatic carbocycles. The number of fused-ring (bicyclic) bond motifs is 1. The van der Waals surface area contributed by atoms with Gasteiger partial charge in [0, 0.05) is 24.4 Å². The second-order valence-corrected chi connectivity index (χ2v) is 6.69. The lowest BCUT2D eigenvalue weighted by atomic mass is 10.2. The van der Waals surface area contributed by atoms with Crippen LogP contribution < -0.4 is 5.32 Å². The molecule has 0 bridgehead atoms. The molecular formula is C17H17N7OS. The van der Waals surface area contributed by atoms with Gasteiger partial charge in [0.15, 0.2) is 0 Å². The van der Waals surface area contributed by atoms with E-state index in [0.717, 1.165) is 34.4 Å². The second kappa shape index (κ2) is 7.04. The Balaban J connectivity index is 1.49. The van der Waals surface area contributed by atoms with Crippen molar-refractivity contribution in [1.29, 1.82) is 0 Å². The molecule has 0 spiro atoms. The van der Waals surface area contributed by atoms with E-state index in [1.807, 2.05) is 17.6 Å². The van der Waals surface area contributed by atoms with Crippen molar-refractivity contribution in [2.75, 3.05) is 5.32 Å². The molecule has 132 valence electrons. The molecule has 1 N–H and O–H groups in total. The number of thiophene rings is 1. The lowest BCUT2D eigenvalue weighted by Gasteiger charge is -2.08. The van der Waals surface area contributed by atoms with Crippen molar-refractivity contribution in [3.05, 3.63) is 42.4 Å². The van der Waals surface area contributed by atoms with Crippen molar-refractivity contribution in [1.82, 2.24) is 29.5 Å². The van der Waals surface area contributed by atoms with Crippen molar-refractivity contribution in [3.8, 4) is 11.3 Å². The Morgan fingerprint density at radius 2 is 2.19 bits per heavy atom. The molecule has 1 amide bonds. The van der Waals surface area contributed by atoms with Gasteiger partial charge in [-0.05, 0) is 17.9 Å². The summed E-state index contributed by atoms with van der Waals surface area (Å²) < 4.78 is 4.40. The Kier molecular flexibility index (Phi) is 4.44. The Labute approximate surface area is 153 Å². The number of nitrogens with one attached hydrogen (secondary N) is 1. The second-order valence-electron chi connectivity index (χ2n) is 5.77. The summed E-state index contributed by atoms with van der Waals surface area (Å²) in [4.78, 5) is 20.9. The zero-order valence-electron chi connectivity index (χ0n) is 14.2. The van der Waals surface area contributed by atoms with Gasteiger partial charge in [-0.2, -0.15) is 10.2 Å². The smallest absolute Gasteiger partial charge is 0.247 e. The molecular weight excluding hydrogens is 350 g/mol. The maximum Gasteiger partial charge on any atom is 0.247 e. The third-order valence-corrected chi connectivity index (χ3v) is 4.79. The molecule has 0 saturated carbocycles. The average Bonchev–Trinajstić information content (AvgIpc) is 3.36. The molecule has 0 atom stereocenters. The summed E-state index contributed by atoms with van der Waals surface area (Å²) in [5.41, 5.74) is 2.61. The first-order chi connectivity index (χ1) is 12.7. The van der Waals surface area contributed by atoms with Crippen LogP contribution in [-0.2, 0) is 17.9 Å². The maximum atomic E-state index is 12.3. The number of anilines is 1. The number of amides is 1. The number of hydrogen-bond donors (Lipinski definition) is 1. The van der Waals surface area contributed by atoms with Gasteiger partial charge in [0.1, 0.15) is 18.7 Å². The standard InChI is InChI=1S/C17H17N7OS/c1-2-6-24-14(3-5-20-24)22-15(25)10-23-9-12(8-21-23)16-17-13(4-7-26-17)18-11-19-16/h3-5,7-9,11H,2,6,10H2,1H3,(H,22,25). The third-order valence-electron chi connectivity index (χ3n) is 3.87. The fourth-order valence-corrected chi connectivity index (χ4v) is 3.58. The normalized spacial score (nSPS) is 11.1. The van der Waals surface area contributed by atoms with E-state index in [9.17, 15) is 4.79 Å². The minimum atomic E-state index is -0.151. The number of aromatic nitrogens is 6. The average molecular weight is 367 g/mol. The fraction of sp³-hybridized carbons (Fsp3) is 0.235. The molecule has 4 aromatic rings. The molecule has 0 radical (unpaired) electrons. The zero-order chi connectivity index (χ0) is 17.9. The van der Waals surface area contributed by atoms with Gasteiger partial charge in [0.05, 0.1) is 28.3 Å². The van der Waals surface area contributed by atoms with Gasteiger partial charge in [-0.25, -0.2) is 14.6 Å². The number of hydrogen-bond acceptors (Lipinski definition) is 6. The summed E-state index contributed by atoms with van der Waals surface area (Å²) in [6.45, 7) is 2.95. The molecule has 4 rings (SSSR count). The van der Waals surface area contributed by atoms with Crippen LogP contribution in [0.25, 0.3) is 21.5 Å². The molecule has 0 aliphatic rings. The third kappa shape index (κ3) is 3.21. The molecule has 0 fully saturated rings. The Morgan fingerprint density at radius 3 is 3.08 bits per heavy atom. The van der Waals surface area contributed by atoms with Gasteiger partial charge < -0.3 is 5.32 Å². The van der Waals surface area contributed by atoms with E-state index in [1.165, 1.54) is 0 Å². The highest BCUT2D eigenvalue weighted by molar-refractivity contribution is 7.17. The van der Waals surface area contributed by atoms with Crippen LogP contribution in [0.4, 0.5) is 5.82 Å². The summed E-state index contributed by atoms with van der Waals surface area (Å²) in [7, 11) is 0. The molecule has 4 heterocycles.